The summed E-state index contributed by atoms with van der Waals surface area (Å²) in [6.45, 7) is 9.79. The van der Waals surface area contributed by atoms with Crippen molar-refractivity contribution in [2.45, 2.75) is 39.7 Å². The van der Waals surface area contributed by atoms with Crippen LogP contribution in [-0.4, -0.2) is 37.5 Å². The van der Waals surface area contributed by atoms with Crippen molar-refractivity contribution in [1.82, 2.24) is 0 Å². The maximum Gasteiger partial charge on any atom is 0.158 e. The summed E-state index contributed by atoms with van der Waals surface area (Å²) in [7, 11) is 0. The van der Waals surface area contributed by atoms with E-state index in [9.17, 15) is 15.6 Å². The molecule has 2 unspecified atom stereocenters. The molecule has 3 rings (SSSR count). The third-order valence-electron chi connectivity index (χ3n) is 6.20. The molecule has 0 saturated heterocycles. The molecule has 0 amide bonds. The number of hydrogen-bond acceptors (Lipinski definition) is 8. The number of aliphatic hydroxyl groups excluding tert-OH is 1. The molecule has 0 bridgehead atoms. The van der Waals surface area contributed by atoms with Crippen LogP contribution >= 0.6 is 11.3 Å². The molecule has 2 atom stereocenters. The molecule has 0 aliphatic carbocycles. The molecule has 0 fully saturated rings. The Morgan fingerprint density at radius 2 is 1.83 bits per heavy atom. The highest BCUT2D eigenvalue weighted by Crippen LogP contribution is 2.36. The average Bonchev–Trinajstić information content (AvgIpc) is 3.21. The molecule has 2 aromatic carbocycles. The summed E-state index contributed by atoms with van der Waals surface area (Å²) in [6, 6.07) is 20.6. The van der Waals surface area contributed by atoms with Crippen molar-refractivity contribution in [3.8, 4) is 12.1 Å². The van der Waals surface area contributed by atoms with E-state index < -0.39 is 0 Å². The molecule has 1 N–H and O–H groups in total. The van der Waals surface area contributed by atoms with Crippen LogP contribution < -0.4 is 4.90 Å². The fourth-order valence-electron chi connectivity index (χ4n) is 4.09. The normalized spacial score (nSPS) is 12.8. The molecule has 186 valence electrons. The first-order chi connectivity index (χ1) is 17.4. The van der Waals surface area contributed by atoms with E-state index in [1.165, 1.54) is 16.9 Å². The minimum absolute atomic E-state index is 0.00270. The second-order valence-corrected chi connectivity index (χ2v) is 9.49. The number of aryl methyl sites for hydroxylation is 1. The molecule has 0 spiro atoms. The summed E-state index contributed by atoms with van der Waals surface area (Å²) in [4.78, 5) is 2.79. The van der Waals surface area contributed by atoms with Crippen LogP contribution in [0.3, 0.4) is 0 Å². The van der Waals surface area contributed by atoms with Crippen LogP contribution in [0.25, 0.3) is 0 Å². The molecule has 1 heterocycles. The Labute approximate surface area is 216 Å². The predicted octanol–water partition coefficient (Wildman–Crippen LogP) is 6.53. The molecule has 0 saturated carbocycles. The van der Waals surface area contributed by atoms with Crippen molar-refractivity contribution in [2.75, 3.05) is 31.2 Å². The zero-order chi connectivity index (χ0) is 26.1. The van der Waals surface area contributed by atoms with Crippen molar-refractivity contribution < 1.29 is 9.84 Å². The van der Waals surface area contributed by atoms with Gasteiger partial charge in [0, 0.05) is 24.7 Å². The van der Waals surface area contributed by atoms with Gasteiger partial charge in [0.05, 0.1) is 30.6 Å². The lowest BCUT2D eigenvalue weighted by Crippen LogP contribution is -2.34. The van der Waals surface area contributed by atoms with Crippen LogP contribution in [0.1, 0.15) is 46.9 Å². The van der Waals surface area contributed by atoms with Crippen LogP contribution in [0.15, 0.2) is 58.8 Å². The summed E-state index contributed by atoms with van der Waals surface area (Å²) in [5.41, 5.74) is 4.98. The van der Waals surface area contributed by atoms with Crippen molar-refractivity contribution in [2.24, 2.45) is 10.2 Å². The Morgan fingerprint density at radius 3 is 2.44 bits per heavy atom. The van der Waals surface area contributed by atoms with Gasteiger partial charge in [-0.05, 0) is 62.6 Å². The number of nitrogens with zero attached hydrogens (tertiary/aromatic N) is 5. The number of rotatable bonds is 11. The van der Waals surface area contributed by atoms with Crippen LogP contribution in [0.5, 0.6) is 0 Å². The van der Waals surface area contributed by atoms with E-state index in [-0.39, 0.29) is 18.6 Å². The highest BCUT2D eigenvalue weighted by atomic mass is 32.1. The first-order valence-corrected chi connectivity index (χ1v) is 12.7. The standard InChI is InChI=1S/C28H31N5O2S/c1-5-33(18-25(21(4)35-14-13-34)22-9-7-6-8-10-22)23-11-12-26(19(2)15-23)31-32-28-24(16-29)20(3)27(17-30)36-28/h6-12,15,21,25,34H,5,13-14,18H2,1-4H3. The van der Waals surface area contributed by atoms with Gasteiger partial charge in [-0.2, -0.15) is 10.5 Å². The summed E-state index contributed by atoms with van der Waals surface area (Å²) < 4.78 is 5.90. The SMILES string of the molecule is CCN(CC(c1ccccc1)C(C)OCCO)c1ccc(N=Nc2sc(C#N)c(C)c2C#N)c(C)c1. The lowest BCUT2D eigenvalue weighted by Gasteiger charge is -2.32. The van der Waals surface area contributed by atoms with E-state index >= 15 is 0 Å². The zero-order valence-electron chi connectivity index (χ0n) is 21.1. The van der Waals surface area contributed by atoms with Crippen LogP contribution in [-0.2, 0) is 4.74 Å². The van der Waals surface area contributed by atoms with Crippen molar-refractivity contribution in [3.05, 3.63) is 75.7 Å². The van der Waals surface area contributed by atoms with Gasteiger partial charge < -0.3 is 14.7 Å². The van der Waals surface area contributed by atoms with Gasteiger partial charge in [-0.25, -0.2) is 0 Å². The molecular formula is C28H31N5O2S. The maximum absolute atomic E-state index is 9.44. The van der Waals surface area contributed by atoms with Crippen LogP contribution in [0.4, 0.5) is 16.4 Å². The molecule has 8 heteroatoms. The number of thiophene rings is 1. The number of benzene rings is 2. The Morgan fingerprint density at radius 1 is 1.08 bits per heavy atom. The van der Waals surface area contributed by atoms with Crippen molar-refractivity contribution >= 4 is 27.7 Å². The number of likely N-dealkylation sites (N-methyl/N-ethyl adjacent to an activating group) is 1. The van der Waals surface area contributed by atoms with E-state index in [0.717, 1.165) is 24.3 Å². The molecule has 3 aromatic rings. The van der Waals surface area contributed by atoms with Crippen molar-refractivity contribution in [1.29, 1.82) is 10.5 Å². The van der Waals surface area contributed by atoms with Gasteiger partial charge in [0.25, 0.3) is 0 Å². The number of nitriles is 2. The van der Waals surface area contributed by atoms with Gasteiger partial charge >= 0.3 is 0 Å². The van der Waals surface area contributed by atoms with E-state index in [2.05, 4.69) is 59.3 Å². The Hall–Kier alpha value is -3.56. The molecule has 36 heavy (non-hydrogen) atoms. The average molecular weight is 502 g/mol. The Bertz CT molecular complexity index is 1270. The summed E-state index contributed by atoms with van der Waals surface area (Å²) in [6.07, 6.45) is -0.0651. The summed E-state index contributed by atoms with van der Waals surface area (Å²) >= 11 is 1.18. The number of hydrogen-bond donors (Lipinski definition) is 1. The van der Waals surface area contributed by atoms with E-state index in [1.54, 1.807) is 6.92 Å². The zero-order valence-corrected chi connectivity index (χ0v) is 21.9. The number of ether oxygens (including phenoxy) is 1. The second-order valence-electron chi connectivity index (χ2n) is 8.49. The highest BCUT2D eigenvalue weighted by Gasteiger charge is 2.23. The quantitative estimate of drug-likeness (QED) is 0.301. The van der Waals surface area contributed by atoms with E-state index in [4.69, 9.17) is 4.74 Å². The second kappa shape index (κ2) is 12.9. The first-order valence-electron chi connectivity index (χ1n) is 11.9. The molecule has 7 nitrogen and oxygen atoms in total. The molecule has 1 aromatic heterocycles. The van der Waals surface area contributed by atoms with Gasteiger partial charge in [0.1, 0.15) is 17.0 Å². The minimum atomic E-state index is -0.0651. The van der Waals surface area contributed by atoms with Crippen LogP contribution in [0.2, 0.25) is 0 Å². The van der Waals surface area contributed by atoms with E-state index in [1.807, 2.05) is 37.3 Å². The van der Waals surface area contributed by atoms with Crippen molar-refractivity contribution in [3.63, 3.8) is 0 Å². The van der Waals surface area contributed by atoms with Gasteiger partial charge in [-0.1, -0.05) is 30.3 Å². The van der Waals surface area contributed by atoms with Crippen LogP contribution in [0, 0.1) is 36.5 Å². The Balaban J connectivity index is 1.84. The molecule has 0 radical (unpaired) electrons. The predicted molar refractivity (Wildman–Crippen MR) is 143 cm³/mol. The topological polar surface area (TPSA) is 105 Å². The monoisotopic (exact) mass is 501 g/mol. The number of anilines is 1. The minimum Gasteiger partial charge on any atom is -0.394 e. The van der Waals surface area contributed by atoms with Gasteiger partial charge in [-0.15, -0.1) is 21.6 Å². The largest absolute Gasteiger partial charge is 0.394 e. The van der Waals surface area contributed by atoms with Gasteiger partial charge in [0.15, 0.2) is 5.00 Å². The van der Waals surface area contributed by atoms with E-state index in [0.29, 0.717) is 33.3 Å². The lowest BCUT2D eigenvalue weighted by molar-refractivity contribution is 0.0249. The maximum atomic E-state index is 9.44. The summed E-state index contributed by atoms with van der Waals surface area (Å²) in [5.74, 6) is 0.123. The first kappa shape index (κ1) is 27.0. The number of aliphatic hydroxyl groups is 1. The van der Waals surface area contributed by atoms with Gasteiger partial charge in [-0.3, -0.25) is 0 Å². The molecule has 0 aliphatic heterocycles. The highest BCUT2D eigenvalue weighted by molar-refractivity contribution is 7.16. The fraction of sp³-hybridized carbons (Fsp3) is 0.357. The lowest BCUT2D eigenvalue weighted by atomic mass is 9.93. The van der Waals surface area contributed by atoms with Gasteiger partial charge in [0.2, 0.25) is 0 Å². The third kappa shape index (κ3) is 6.35. The Kier molecular flexibility index (Phi) is 9.72. The fourth-order valence-corrected chi connectivity index (χ4v) is 4.97. The summed E-state index contributed by atoms with van der Waals surface area (Å²) in [5, 5.41) is 37.0. The molecule has 0 aliphatic rings. The third-order valence-corrected chi connectivity index (χ3v) is 7.28. The molecular weight excluding hydrogens is 470 g/mol. The smallest absolute Gasteiger partial charge is 0.158 e. The number of azo groups is 1.